The number of rotatable bonds is 6. The molecule has 0 N–H and O–H groups in total. The monoisotopic (exact) mass is 368 g/mol. The molecule has 7 heteroatoms. The summed E-state index contributed by atoms with van der Waals surface area (Å²) in [6.45, 7) is 10.9. The first-order valence-electron chi connectivity index (χ1n) is 8.65. The molecule has 0 aromatic heterocycles. The molecule has 0 saturated carbocycles. The molecule has 0 aromatic carbocycles. The molecule has 7 nitrogen and oxygen atoms in total. The van der Waals surface area contributed by atoms with E-state index in [1.165, 1.54) is 20.1 Å². The van der Waals surface area contributed by atoms with Crippen molar-refractivity contribution >= 4 is 11.9 Å². The van der Waals surface area contributed by atoms with E-state index in [2.05, 4.69) is 11.3 Å². The van der Waals surface area contributed by atoms with Gasteiger partial charge in [0.1, 0.15) is 17.8 Å². The standard InChI is InChI=1S/C19H28O7/c1-7-8-19-11-23-14(9-12(2)10-15(21)22-6)16(24-13(3)20)17(19)25-18(4,5)26-19/h7,10,14,16-17H,1,8-9,11H2,2-6H3/b12-10+. The highest BCUT2D eigenvalue weighted by atomic mass is 16.8. The Morgan fingerprint density at radius 1 is 1.31 bits per heavy atom. The van der Waals surface area contributed by atoms with E-state index in [-0.39, 0.29) is 6.61 Å². The first kappa shape index (κ1) is 20.6. The van der Waals surface area contributed by atoms with Crippen LogP contribution in [0.15, 0.2) is 24.3 Å². The first-order valence-corrected chi connectivity index (χ1v) is 8.65. The third-order valence-electron chi connectivity index (χ3n) is 4.47. The Labute approximate surface area is 154 Å². The van der Waals surface area contributed by atoms with Gasteiger partial charge in [0.15, 0.2) is 11.9 Å². The SMILES string of the molecule is C=CCC12COC(C/C(C)=C/C(=O)OC)C(OC(C)=O)C1OC(C)(C)O2. The number of esters is 2. The maximum absolute atomic E-state index is 11.7. The van der Waals surface area contributed by atoms with Crippen LogP contribution < -0.4 is 0 Å². The lowest BCUT2D eigenvalue weighted by atomic mass is 9.83. The zero-order valence-corrected chi connectivity index (χ0v) is 16.1. The Hall–Kier alpha value is -1.70. The van der Waals surface area contributed by atoms with E-state index in [1.54, 1.807) is 13.0 Å². The highest BCUT2D eigenvalue weighted by Crippen LogP contribution is 2.46. The Balaban J connectivity index is 2.29. The van der Waals surface area contributed by atoms with Crippen molar-refractivity contribution in [3.05, 3.63) is 24.3 Å². The highest BCUT2D eigenvalue weighted by Gasteiger charge is 2.61. The van der Waals surface area contributed by atoms with Gasteiger partial charge >= 0.3 is 11.9 Å². The van der Waals surface area contributed by atoms with Crippen LogP contribution in [-0.2, 0) is 33.3 Å². The van der Waals surface area contributed by atoms with Crippen molar-refractivity contribution in [1.82, 2.24) is 0 Å². The summed E-state index contributed by atoms with van der Waals surface area (Å²) in [6, 6.07) is 0. The van der Waals surface area contributed by atoms with Crippen molar-refractivity contribution in [3.63, 3.8) is 0 Å². The van der Waals surface area contributed by atoms with E-state index in [0.717, 1.165) is 5.57 Å². The number of carbonyl (C=O) groups is 2. The lowest BCUT2D eigenvalue weighted by Crippen LogP contribution is -2.60. The van der Waals surface area contributed by atoms with E-state index in [1.807, 2.05) is 13.8 Å². The maximum Gasteiger partial charge on any atom is 0.330 e. The Bertz CT molecular complexity index is 595. The third-order valence-corrected chi connectivity index (χ3v) is 4.47. The van der Waals surface area contributed by atoms with Crippen molar-refractivity contribution in [2.45, 2.75) is 70.2 Å². The van der Waals surface area contributed by atoms with E-state index in [9.17, 15) is 9.59 Å². The minimum Gasteiger partial charge on any atom is -0.466 e. The van der Waals surface area contributed by atoms with Gasteiger partial charge in [-0.1, -0.05) is 11.6 Å². The van der Waals surface area contributed by atoms with Gasteiger partial charge < -0.3 is 23.7 Å². The average Bonchev–Trinajstić information content (AvgIpc) is 2.80. The van der Waals surface area contributed by atoms with Crippen LogP contribution in [0.3, 0.4) is 0 Å². The van der Waals surface area contributed by atoms with E-state index in [0.29, 0.717) is 12.8 Å². The molecule has 2 rings (SSSR count). The molecule has 0 spiro atoms. The fourth-order valence-electron chi connectivity index (χ4n) is 3.60. The zero-order valence-electron chi connectivity index (χ0n) is 16.1. The molecule has 2 fully saturated rings. The summed E-state index contributed by atoms with van der Waals surface area (Å²) in [5.74, 6) is -1.70. The van der Waals surface area contributed by atoms with Crippen LogP contribution in [-0.4, -0.2) is 55.4 Å². The Morgan fingerprint density at radius 3 is 2.58 bits per heavy atom. The molecular weight excluding hydrogens is 340 g/mol. The van der Waals surface area contributed by atoms with Crippen LogP contribution in [0.5, 0.6) is 0 Å². The Kier molecular flexibility index (Phi) is 6.26. The van der Waals surface area contributed by atoms with Crippen molar-refractivity contribution in [1.29, 1.82) is 0 Å². The van der Waals surface area contributed by atoms with E-state index in [4.69, 9.17) is 18.9 Å². The highest BCUT2D eigenvalue weighted by molar-refractivity contribution is 5.82. The fourth-order valence-corrected chi connectivity index (χ4v) is 3.60. The van der Waals surface area contributed by atoms with Crippen LogP contribution in [0.25, 0.3) is 0 Å². The van der Waals surface area contributed by atoms with Crippen LogP contribution >= 0.6 is 0 Å². The first-order chi connectivity index (χ1) is 12.1. The molecule has 2 aliphatic heterocycles. The fraction of sp³-hybridized carbons (Fsp3) is 0.684. The summed E-state index contributed by atoms with van der Waals surface area (Å²) in [6.07, 6.45) is 2.43. The van der Waals surface area contributed by atoms with Crippen LogP contribution in [0.4, 0.5) is 0 Å². The lowest BCUT2D eigenvalue weighted by molar-refractivity contribution is -0.206. The summed E-state index contributed by atoms with van der Waals surface area (Å²) in [7, 11) is 1.32. The molecule has 26 heavy (non-hydrogen) atoms. The number of fused-ring (bicyclic) bond motifs is 1. The second-order valence-corrected chi connectivity index (χ2v) is 7.24. The van der Waals surface area contributed by atoms with Gasteiger partial charge in [0, 0.05) is 13.0 Å². The topological polar surface area (TPSA) is 80.3 Å². The van der Waals surface area contributed by atoms with Gasteiger partial charge in [0.2, 0.25) is 0 Å². The smallest absolute Gasteiger partial charge is 0.330 e. The van der Waals surface area contributed by atoms with Crippen LogP contribution in [0.1, 0.15) is 40.5 Å². The number of hydrogen-bond donors (Lipinski definition) is 0. The number of methoxy groups -OCH3 is 1. The van der Waals surface area contributed by atoms with Gasteiger partial charge in [-0.2, -0.15) is 0 Å². The molecule has 0 aliphatic carbocycles. The van der Waals surface area contributed by atoms with Gasteiger partial charge in [-0.3, -0.25) is 4.79 Å². The summed E-state index contributed by atoms with van der Waals surface area (Å²) in [5.41, 5.74) is -0.00429. The van der Waals surface area contributed by atoms with Crippen molar-refractivity contribution < 1.29 is 33.3 Å². The molecule has 0 radical (unpaired) electrons. The predicted molar refractivity (Wildman–Crippen MR) is 93.3 cm³/mol. The second kappa shape index (κ2) is 7.90. The normalized spacial score (nSPS) is 33.3. The van der Waals surface area contributed by atoms with Crippen molar-refractivity contribution in [2.24, 2.45) is 0 Å². The predicted octanol–water partition coefficient (Wildman–Crippen LogP) is 2.29. The van der Waals surface area contributed by atoms with Gasteiger partial charge in [0.25, 0.3) is 0 Å². The molecule has 0 amide bonds. The Morgan fingerprint density at radius 2 is 2.00 bits per heavy atom. The van der Waals surface area contributed by atoms with Gasteiger partial charge in [-0.05, 0) is 33.6 Å². The van der Waals surface area contributed by atoms with Crippen LogP contribution in [0, 0.1) is 0 Å². The van der Waals surface area contributed by atoms with Crippen molar-refractivity contribution in [3.8, 4) is 0 Å². The summed E-state index contributed by atoms with van der Waals surface area (Å²) in [4.78, 5) is 23.1. The molecular formula is C19H28O7. The summed E-state index contributed by atoms with van der Waals surface area (Å²) < 4.78 is 28.5. The minimum absolute atomic E-state index is 0.279. The van der Waals surface area contributed by atoms with Gasteiger partial charge in [0.05, 0.1) is 13.7 Å². The molecule has 4 unspecified atom stereocenters. The van der Waals surface area contributed by atoms with Crippen molar-refractivity contribution in [2.75, 3.05) is 13.7 Å². The zero-order chi connectivity index (χ0) is 19.5. The third kappa shape index (κ3) is 4.52. The van der Waals surface area contributed by atoms with E-state index >= 15 is 0 Å². The molecule has 2 heterocycles. The molecule has 2 aliphatic rings. The number of hydrogen-bond acceptors (Lipinski definition) is 7. The quantitative estimate of drug-likeness (QED) is 0.404. The summed E-state index contributed by atoms with van der Waals surface area (Å²) >= 11 is 0. The molecule has 0 aromatic rings. The largest absolute Gasteiger partial charge is 0.466 e. The lowest BCUT2D eigenvalue weighted by Gasteiger charge is -2.44. The molecule has 146 valence electrons. The van der Waals surface area contributed by atoms with Gasteiger partial charge in [-0.15, -0.1) is 6.58 Å². The molecule has 4 atom stereocenters. The van der Waals surface area contributed by atoms with Gasteiger partial charge in [-0.25, -0.2) is 4.79 Å². The summed E-state index contributed by atoms with van der Waals surface area (Å²) in [5, 5.41) is 0. The van der Waals surface area contributed by atoms with Crippen LogP contribution in [0.2, 0.25) is 0 Å². The minimum atomic E-state index is -0.832. The number of carbonyl (C=O) groups excluding carboxylic acids is 2. The van der Waals surface area contributed by atoms with E-state index < -0.39 is 41.6 Å². The maximum atomic E-state index is 11.7. The second-order valence-electron chi connectivity index (χ2n) is 7.24. The molecule has 2 saturated heterocycles. The average molecular weight is 368 g/mol. The molecule has 0 bridgehead atoms. The number of ether oxygens (including phenoxy) is 5.